The Labute approximate surface area is 142 Å². The van der Waals surface area contributed by atoms with E-state index in [1.54, 1.807) is 23.5 Å². The van der Waals surface area contributed by atoms with Gasteiger partial charge in [0.1, 0.15) is 0 Å². The second-order valence-corrected chi connectivity index (χ2v) is 8.68. The van der Waals surface area contributed by atoms with E-state index in [0.717, 1.165) is 26.7 Å². The maximum absolute atomic E-state index is 11.5. The molecule has 22 heavy (non-hydrogen) atoms. The van der Waals surface area contributed by atoms with Crippen molar-refractivity contribution in [1.29, 1.82) is 0 Å². The van der Waals surface area contributed by atoms with Crippen molar-refractivity contribution in [3.8, 4) is 22.3 Å². The van der Waals surface area contributed by atoms with Gasteiger partial charge in [-0.05, 0) is 46.2 Å². The fourth-order valence-electron chi connectivity index (χ4n) is 2.26. The molecule has 112 valence electrons. The molecule has 0 saturated heterocycles. The lowest BCUT2D eigenvalue weighted by atomic mass is 9.99. The topological polar surface area (TPSA) is 34.1 Å². The number of thiophene rings is 1. The normalized spacial score (nSPS) is 11.5. The minimum atomic E-state index is -3.16. The molecule has 0 N–H and O–H groups in total. The molecule has 0 amide bonds. The van der Waals surface area contributed by atoms with E-state index in [4.69, 9.17) is 0 Å². The van der Waals surface area contributed by atoms with Gasteiger partial charge in [0.25, 0.3) is 0 Å². The highest BCUT2D eigenvalue weighted by Crippen LogP contribution is 2.36. The third-order valence-electron chi connectivity index (χ3n) is 3.41. The summed E-state index contributed by atoms with van der Waals surface area (Å²) in [7, 11) is -3.16. The molecule has 1 heterocycles. The molecule has 0 bridgehead atoms. The number of hydrogen-bond donors (Lipinski definition) is 0. The van der Waals surface area contributed by atoms with Crippen molar-refractivity contribution in [2.45, 2.75) is 4.90 Å². The highest BCUT2D eigenvalue weighted by Gasteiger charge is 2.11. The lowest BCUT2D eigenvalue weighted by Gasteiger charge is -2.06. The largest absolute Gasteiger partial charge is 0.224 e. The summed E-state index contributed by atoms with van der Waals surface area (Å²) < 4.78 is 24.1. The Bertz CT molecular complexity index is 893. The number of halogens is 1. The summed E-state index contributed by atoms with van der Waals surface area (Å²) >= 11 is 5.08. The molecule has 0 spiro atoms. The van der Waals surface area contributed by atoms with E-state index in [1.165, 1.54) is 6.26 Å². The third-order valence-corrected chi connectivity index (χ3v) is 5.81. The molecule has 0 saturated carbocycles. The molecule has 0 atom stereocenters. The van der Waals surface area contributed by atoms with Gasteiger partial charge in [0.2, 0.25) is 0 Å². The van der Waals surface area contributed by atoms with Crippen LogP contribution in [-0.4, -0.2) is 14.7 Å². The maximum atomic E-state index is 11.5. The fourth-order valence-corrected chi connectivity index (χ4v) is 4.02. The second-order valence-electron chi connectivity index (χ2n) is 5.00. The molecule has 0 radical (unpaired) electrons. The van der Waals surface area contributed by atoms with Crippen LogP contribution in [0.4, 0.5) is 0 Å². The van der Waals surface area contributed by atoms with E-state index in [0.29, 0.717) is 4.90 Å². The summed E-state index contributed by atoms with van der Waals surface area (Å²) in [4.78, 5) is 0.344. The Kier molecular flexibility index (Phi) is 4.21. The number of sulfone groups is 1. The van der Waals surface area contributed by atoms with Crippen molar-refractivity contribution in [2.24, 2.45) is 0 Å². The minimum absolute atomic E-state index is 0.344. The van der Waals surface area contributed by atoms with E-state index in [9.17, 15) is 8.42 Å². The van der Waals surface area contributed by atoms with Gasteiger partial charge in [-0.15, -0.1) is 0 Å². The van der Waals surface area contributed by atoms with Crippen molar-refractivity contribution in [1.82, 2.24) is 0 Å². The molecule has 0 aliphatic carbocycles. The zero-order valence-corrected chi connectivity index (χ0v) is 15.0. The number of benzene rings is 2. The van der Waals surface area contributed by atoms with Crippen LogP contribution in [0.25, 0.3) is 22.3 Å². The van der Waals surface area contributed by atoms with Crippen molar-refractivity contribution in [3.05, 3.63) is 63.8 Å². The van der Waals surface area contributed by atoms with Crippen LogP contribution in [0.15, 0.2) is 68.7 Å². The van der Waals surface area contributed by atoms with E-state index < -0.39 is 9.84 Å². The van der Waals surface area contributed by atoms with Gasteiger partial charge < -0.3 is 0 Å². The van der Waals surface area contributed by atoms with Crippen LogP contribution >= 0.6 is 27.3 Å². The van der Waals surface area contributed by atoms with E-state index >= 15 is 0 Å². The first kappa shape index (κ1) is 15.5. The van der Waals surface area contributed by atoms with Gasteiger partial charge in [-0.2, -0.15) is 11.3 Å². The summed E-state index contributed by atoms with van der Waals surface area (Å²) in [5.74, 6) is 0. The first-order valence-electron chi connectivity index (χ1n) is 6.58. The van der Waals surface area contributed by atoms with E-state index in [2.05, 4.69) is 38.8 Å². The van der Waals surface area contributed by atoms with Crippen molar-refractivity contribution in [2.75, 3.05) is 6.26 Å². The molecule has 3 aromatic rings. The van der Waals surface area contributed by atoms with Crippen LogP contribution in [0.3, 0.4) is 0 Å². The first-order chi connectivity index (χ1) is 10.4. The summed E-state index contributed by atoms with van der Waals surface area (Å²) in [5, 5.41) is 4.20. The lowest BCUT2D eigenvalue weighted by Crippen LogP contribution is -1.96. The lowest BCUT2D eigenvalue weighted by molar-refractivity contribution is 0.602. The monoisotopic (exact) mass is 392 g/mol. The van der Waals surface area contributed by atoms with Crippen molar-refractivity contribution >= 4 is 37.1 Å². The average molecular weight is 393 g/mol. The molecule has 5 heteroatoms. The molecule has 0 unspecified atom stereocenters. The van der Waals surface area contributed by atoms with Crippen LogP contribution in [0.5, 0.6) is 0 Å². The van der Waals surface area contributed by atoms with Crippen LogP contribution in [0, 0.1) is 0 Å². The maximum Gasteiger partial charge on any atom is 0.175 e. The zero-order chi connectivity index (χ0) is 15.7. The smallest absolute Gasteiger partial charge is 0.175 e. The molecule has 0 fully saturated rings. The van der Waals surface area contributed by atoms with E-state index in [-0.39, 0.29) is 0 Å². The second kappa shape index (κ2) is 5.99. The highest BCUT2D eigenvalue weighted by atomic mass is 79.9. The van der Waals surface area contributed by atoms with E-state index in [1.807, 2.05) is 24.3 Å². The van der Waals surface area contributed by atoms with Crippen LogP contribution in [0.2, 0.25) is 0 Å². The summed E-state index contributed by atoms with van der Waals surface area (Å²) in [6.45, 7) is 0. The van der Waals surface area contributed by atoms with Gasteiger partial charge in [0.05, 0.1) is 4.90 Å². The van der Waals surface area contributed by atoms with Gasteiger partial charge in [-0.3, -0.25) is 0 Å². The van der Waals surface area contributed by atoms with Crippen LogP contribution in [-0.2, 0) is 9.84 Å². The van der Waals surface area contributed by atoms with Crippen LogP contribution < -0.4 is 0 Å². The summed E-state index contributed by atoms with van der Waals surface area (Å²) in [5.41, 5.74) is 4.44. The Morgan fingerprint density at radius 1 is 0.818 bits per heavy atom. The Balaban J connectivity index is 2.03. The zero-order valence-electron chi connectivity index (χ0n) is 11.8. The minimum Gasteiger partial charge on any atom is -0.224 e. The highest BCUT2D eigenvalue weighted by molar-refractivity contribution is 9.10. The molecule has 2 aromatic carbocycles. The number of rotatable bonds is 3. The molecular formula is C17H13BrO2S2. The van der Waals surface area contributed by atoms with Crippen LogP contribution in [0.1, 0.15) is 0 Å². The molecule has 2 nitrogen and oxygen atoms in total. The molecule has 3 rings (SSSR count). The van der Waals surface area contributed by atoms with Crippen molar-refractivity contribution in [3.63, 3.8) is 0 Å². The Morgan fingerprint density at radius 2 is 1.27 bits per heavy atom. The van der Waals surface area contributed by atoms with Gasteiger partial charge >= 0.3 is 0 Å². The predicted octanol–water partition coefficient (Wildman–Crippen LogP) is 5.25. The van der Waals surface area contributed by atoms with Crippen molar-refractivity contribution < 1.29 is 8.42 Å². The van der Waals surface area contributed by atoms with Gasteiger partial charge in [-0.25, -0.2) is 8.42 Å². The molecule has 0 aliphatic rings. The first-order valence-corrected chi connectivity index (χ1v) is 10.2. The summed E-state index contributed by atoms with van der Waals surface area (Å²) in [6, 6.07) is 15.2. The summed E-state index contributed by atoms with van der Waals surface area (Å²) in [6.07, 6.45) is 1.22. The van der Waals surface area contributed by atoms with Gasteiger partial charge in [0.15, 0.2) is 9.84 Å². The molecule has 1 aromatic heterocycles. The predicted molar refractivity (Wildman–Crippen MR) is 96.0 cm³/mol. The Hall–Kier alpha value is -1.43. The standard InChI is InChI=1S/C17H13BrO2S2/c1-22(19,20)15-8-4-13(5-9-15)17-11-21-10-16(17)12-2-6-14(18)7-3-12/h2-11H,1H3. The molecular weight excluding hydrogens is 380 g/mol. The van der Waals surface area contributed by atoms with Gasteiger partial charge in [-0.1, -0.05) is 40.2 Å². The molecule has 0 aliphatic heterocycles. The average Bonchev–Trinajstić information content (AvgIpc) is 2.97. The SMILES string of the molecule is CS(=O)(=O)c1ccc(-c2cscc2-c2ccc(Br)cc2)cc1. The Morgan fingerprint density at radius 3 is 1.73 bits per heavy atom. The van der Waals surface area contributed by atoms with Gasteiger partial charge in [0, 0.05) is 21.9 Å². The third kappa shape index (κ3) is 3.16. The number of hydrogen-bond acceptors (Lipinski definition) is 3. The fraction of sp³-hybridized carbons (Fsp3) is 0.0588. The quantitative estimate of drug-likeness (QED) is 0.609.